The minimum absolute atomic E-state index is 0.240. The zero-order valence-corrected chi connectivity index (χ0v) is 14.5. The van der Waals surface area contributed by atoms with Gasteiger partial charge in [-0.1, -0.05) is 24.3 Å². The molecule has 0 aliphatic rings. The number of nitrogen functional groups attached to an aromatic ring is 1. The Morgan fingerprint density at radius 2 is 1.78 bits per heavy atom. The Kier molecular flexibility index (Phi) is 5.16. The first kappa shape index (κ1) is 18.5. The first-order valence-electron chi connectivity index (χ1n) is 8.27. The van der Waals surface area contributed by atoms with Gasteiger partial charge in [-0.25, -0.2) is 9.97 Å². The fourth-order valence-corrected chi connectivity index (χ4v) is 2.67. The monoisotopic (exact) mass is 373 g/mol. The van der Waals surface area contributed by atoms with E-state index in [4.69, 9.17) is 5.73 Å². The van der Waals surface area contributed by atoms with Crippen LogP contribution in [0.5, 0.6) is 0 Å². The third-order valence-electron chi connectivity index (χ3n) is 3.96. The molecule has 0 aliphatic carbocycles. The predicted molar refractivity (Wildman–Crippen MR) is 100 cm³/mol. The molecular weight excluding hydrogens is 355 g/mol. The smallest absolute Gasteiger partial charge is 0.393 e. The van der Waals surface area contributed by atoms with Gasteiger partial charge in [-0.2, -0.15) is 13.2 Å². The number of rotatable bonds is 5. The molecule has 3 aromatic rings. The molecular formula is C19H18F3N5. The van der Waals surface area contributed by atoms with Crippen LogP contribution in [0.4, 0.5) is 41.9 Å². The first-order chi connectivity index (χ1) is 12.9. The van der Waals surface area contributed by atoms with Crippen molar-refractivity contribution in [1.82, 2.24) is 9.97 Å². The Balaban J connectivity index is 1.94. The van der Waals surface area contributed by atoms with Crippen LogP contribution in [0.2, 0.25) is 0 Å². The quantitative estimate of drug-likeness (QED) is 0.660. The molecule has 0 saturated heterocycles. The second-order valence-electron chi connectivity index (χ2n) is 5.74. The second-order valence-corrected chi connectivity index (χ2v) is 5.74. The van der Waals surface area contributed by atoms with Crippen LogP contribution in [0, 0.1) is 0 Å². The third-order valence-corrected chi connectivity index (χ3v) is 3.96. The maximum Gasteiger partial charge on any atom is 0.416 e. The minimum atomic E-state index is -4.42. The van der Waals surface area contributed by atoms with Crippen molar-refractivity contribution in [1.29, 1.82) is 0 Å². The average Bonchev–Trinajstić information content (AvgIpc) is 2.66. The van der Waals surface area contributed by atoms with Gasteiger partial charge >= 0.3 is 6.18 Å². The van der Waals surface area contributed by atoms with Gasteiger partial charge in [0.2, 0.25) is 0 Å². The highest BCUT2D eigenvalue weighted by atomic mass is 19.4. The lowest BCUT2D eigenvalue weighted by molar-refractivity contribution is -0.137. The standard InChI is InChI=1S/C19H18F3N5/c1-2-27(15-9-4-3-5-10-15)18-16(23)17(24-12-25-18)26-14-8-6-7-13(11-14)19(20,21)22/h3-12H,2,23H2,1H3,(H,24,25,26). The number of hydrogen-bond acceptors (Lipinski definition) is 5. The molecule has 2 aromatic carbocycles. The largest absolute Gasteiger partial charge is 0.416 e. The SMILES string of the molecule is CCN(c1ccccc1)c1ncnc(Nc2cccc(C(F)(F)F)c2)c1N. The van der Waals surface area contributed by atoms with Crippen LogP contribution in [0.3, 0.4) is 0 Å². The highest BCUT2D eigenvalue weighted by Gasteiger charge is 2.30. The third kappa shape index (κ3) is 4.11. The van der Waals surface area contributed by atoms with Gasteiger partial charge < -0.3 is 16.0 Å². The maximum absolute atomic E-state index is 12.9. The van der Waals surface area contributed by atoms with Crippen LogP contribution in [-0.2, 0) is 6.18 Å². The van der Waals surface area contributed by atoms with Gasteiger partial charge in [-0.15, -0.1) is 0 Å². The number of hydrogen-bond donors (Lipinski definition) is 2. The lowest BCUT2D eigenvalue weighted by Crippen LogP contribution is -2.19. The summed E-state index contributed by atoms with van der Waals surface area (Å²) in [6, 6.07) is 14.4. The Hall–Kier alpha value is -3.29. The molecule has 0 fully saturated rings. The van der Waals surface area contributed by atoms with Gasteiger partial charge in [0.15, 0.2) is 11.6 Å². The van der Waals surface area contributed by atoms with E-state index in [1.165, 1.54) is 18.5 Å². The molecule has 0 atom stereocenters. The molecule has 27 heavy (non-hydrogen) atoms. The fourth-order valence-electron chi connectivity index (χ4n) is 2.67. The van der Waals surface area contributed by atoms with Gasteiger partial charge in [0, 0.05) is 17.9 Å². The summed E-state index contributed by atoms with van der Waals surface area (Å²) in [5.41, 5.74) is 6.86. The van der Waals surface area contributed by atoms with Crippen molar-refractivity contribution < 1.29 is 13.2 Å². The average molecular weight is 373 g/mol. The molecule has 5 nitrogen and oxygen atoms in total. The molecule has 3 rings (SSSR count). The predicted octanol–water partition coefficient (Wildman–Crippen LogP) is 4.98. The van der Waals surface area contributed by atoms with Crippen LogP contribution in [0.1, 0.15) is 12.5 Å². The van der Waals surface area contributed by atoms with Crippen molar-refractivity contribution in [2.24, 2.45) is 0 Å². The van der Waals surface area contributed by atoms with E-state index < -0.39 is 11.7 Å². The molecule has 0 spiro atoms. The Bertz CT molecular complexity index is 913. The number of alkyl halides is 3. The van der Waals surface area contributed by atoms with E-state index in [0.29, 0.717) is 12.4 Å². The van der Waals surface area contributed by atoms with Crippen molar-refractivity contribution in [3.63, 3.8) is 0 Å². The molecule has 0 aliphatic heterocycles. The summed E-state index contributed by atoms with van der Waals surface area (Å²) in [6.45, 7) is 2.56. The number of nitrogens with two attached hydrogens (primary N) is 1. The number of benzene rings is 2. The van der Waals surface area contributed by atoms with E-state index >= 15 is 0 Å². The number of halogens is 3. The van der Waals surface area contributed by atoms with Crippen molar-refractivity contribution in [3.8, 4) is 0 Å². The van der Waals surface area contributed by atoms with E-state index in [1.54, 1.807) is 0 Å². The summed E-state index contributed by atoms with van der Waals surface area (Å²) in [6.07, 6.45) is -3.10. The normalized spacial score (nSPS) is 11.3. The molecule has 0 unspecified atom stereocenters. The highest BCUT2D eigenvalue weighted by molar-refractivity contribution is 5.81. The van der Waals surface area contributed by atoms with Crippen molar-refractivity contribution in [2.75, 3.05) is 22.5 Å². The Labute approximate surface area is 154 Å². The van der Waals surface area contributed by atoms with Crippen molar-refractivity contribution >= 4 is 28.7 Å². The Morgan fingerprint density at radius 3 is 2.44 bits per heavy atom. The van der Waals surface area contributed by atoms with E-state index in [2.05, 4.69) is 15.3 Å². The number of nitrogens with one attached hydrogen (secondary N) is 1. The number of anilines is 5. The molecule has 1 aromatic heterocycles. The summed E-state index contributed by atoms with van der Waals surface area (Å²) in [7, 11) is 0. The highest BCUT2D eigenvalue weighted by Crippen LogP contribution is 2.34. The summed E-state index contributed by atoms with van der Waals surface area (Å²) >= 11 is 0. The molecule has 0 amide bonds. The van der Waals surface area contributed by atoms with Gasteiger partial charge in [0.05, 0.1) is 5.56 Å². The van der Waals surface area contributed by atoms with Gasteiger partial charge in [-0.05, 0) is 37.3 Å². The number of aromatic nitrogens is 2. The number of nitrogens with zero attached hydrogens (tertiary/aromatic N) is 3. The van der Waals surface area contributed by atoms with E-state index in [0.717, 1.165) is 17.8 Å². The van der Waals surface area contributed by atoms with Crippen molar-refractivity contribution in [2.45, 2.75) is 13.1 Å². The lowest BCUT2D eigenvalue weighted by Gasteiger charge is -2.24. The van der Waals surface area contributed by atoms with Crippen LogP contribution >= 0.6 is 0 Å². The minimum Gasteiger partial charge on any atom is -0.393 e. The zero-order valence-electron chi connectivity index (χ0n) is 14.5. The van der Waals surface area contributed by atoms with Gasteiger partial charge in [0.1, 0.15) is 12.0 Å². The number of para-hydroxylation sites is 1. The van der Waals surface area contributed by atoms with Crippen molar-refractivity contribution in [3.05, 3.63) is 66.5 Å². The molecule has 0 saturated carbocycles. The van der Waals surface area contributed by atoms with Gasteiger partial charge in [-0.3, -0.25) is 0 Å². The van der Waals surface area contributed by atoms with Gasteiger partial charge in [0.25, 0.3) is 0 Å². The maximum atomic E-state index is 12.9. The van der Waals surface area contributed by atoms with Crippen LogP contribution in [0.15, 0.2) is 60.9 Å². The first-order valence-corrected chi connectivity index (χ1v) is 8.27. The Morgan fingerprint density at radius 1 is 1.04 bits per heavy atom. The summed E-state index contributed by atoms with van der Waals surface area (Å²) in [5.74, 6) is 0.724. The fraction of sp³-hybridized carbons (Fsp3) is 0.158. The van der Waals surface area contributed by atoms with Crippen LogP contribution in [0.25, 0.3) is 0 Å². The summed E-state index contributed by atoms with van der Waals surface area (Å²) in [4.78, 5) is 10.2. The summed E-state index contributed by atoms with van der Waals surface area (Å²) in [5, 5.41) is 2.85. The van der Waals surface area contributed by atoms with E-state index in [9.17, 15) is 13.2 Å². The second kappa shape index (κ2) is 7.53. The molecule has 1 heterocycles. The molecule has 8 heteroatoms. The topological polar surface area (TPSA) is 67.1 Å². The van der Waals surface area contributed by atoms with Crippen LogP contribution in [-0.4, -0.2) is 16.5 Å². The van der Waals surface area contributed by atoms with Crippen LogP contribution < -0.4 is 16.0 Å². The zero-order chi connectivity index (χ0) is 19.4. The molecule has 0 radical (unpaired) electrons. The molecule has 0 bridgehead atoms. The van der Waals surface area contributed by atoms with E-state index in [-0.39, 0.29) is 17.2 Å². The molecule has 3 N–H and O–H groups in total. The lowest BCUT2D eigenvalue weighted by atomic mass is 10.2. The van der Waals surface area contributed by atoms with E-state index in [1.807, 2.05) is 42.2 Å². The summed E-state index contributed by atoms with van der Waals surface area (Å²) < 4.78 is 38.7. The molecule has 140 valence electrons.